The number of fused-ring (bicyclic) bond motifs is 1. The van der Waals surface area contributed by atoms with Gasteiger partial charge in [-0.25, -0.2) is 5.10 Å². The first-order valence-corrected chi connectivity index (χ1v) is 7.55. The van der Waals surface area contributed by atoms with Crippen molar-refractivity contribution < 1.29 is 4.79 Å². The van der Waals surface area contributed by atoms with Crippen molar-refractivity contribution in [1.29, 1.82) is 0 Å². The van der Waals surface area contributed by atoms with Gasteiger partial charge < -0.3 is 5.32 Å². The number of halogens is 1. The molecule has 1 aromatic heterocycles. The van der Waals surface area contributed by atoms with Crippen molar-refractivity contribution in [1.82, 2.24) is 15.5 Å². The zero-order valence-corrected chi connectivity index (χ0v) is 12.8. The summed E-state index contributed by atoms with van der Waals surface area (Å²) in [6.07, 6.45) is 2.24. The molecule has 21 heavy (non-hydrogen) atoms. The second-order valence-electron chi connectivity index (χ2n) is 5.12. The van der Waals surface area contributed by atoms with Crippen LogP contribution in [-0.4, -0.2) is 22.1 Å². The highest BCUT2D eigenvalue weighted by atomic mass is 79.9. The van der Waals surface area contributed by atoms with Crippen LogP contribution < -0.4 is 10.9 Å². The molecule has 1 unspecified atom stereocenters. The fourth-order valence-electron chi connectivity index (χ4n) is 2.53. The standard InChI is InChI=1S/C15H14BrN3O2/c16-11-3-1-9(2-4-11)15(21)17-12-5-6-13-10(7-12)8-14(20)19-18-13/h1-4,8,12H,5-7H2,(H,17,21)(H,19,20). The SMILES string of the molecule is O=C(NC1CCc2n[nH]c(=O)cc2C1)c1ccc(Br)cc1. The monoisotopic (exact) mass is 347 g/mol. The van der Waals surface area contributed by atoms with Gasteiger partial charge in [0, 0.05) is 22.1 Å². The van der Waals surface area contributed by atoms with E-state index in [1.165, 1.54) is 0 Å². The van der Waals surface area contributed by atoms with E-state index < -0.39 is 0 Å². The van der Waals surface area contributed by atoms with Crippen molar-refractivity contribution in [2.45, 2.75) is 25.3 Å². The summed E-state index contributed by atoms with van der Waals surface area (Å²) in [6, 6.07) is 8.85. The van der Waals surface area contributed by atoms with Crippen LogP contribution >= 0.6 is 15.9 Å². The Kier molecular flexibility index (Phi) is 3.88. The predicted octanol–water partition coefficient (Wildman–Crippen LogP) is 1.82. The fourth-order valence-corrected chi connectivity index (χ4v) is 2.80. The predicted molar refractivity (Wildman–Crippen MR) is 82.3 cm³/mol. The third-order valence-electron chi connectivity index (χ3n) is 3.61. The summed E-state index contributed by atoms with van der Waals surface area (Å²) in [5, 5.41) is 9.51. The highest BCUT2D eigenvalue weighted by Crippen LogP contribution is 2.18. The molecule has 0 saturated carbocycles. The lowest BCUT2D eigenvalue weighted by molar-refractivity contribution is 0.0933. The number of aryl methyl sites for hydroxylation is 1. The Morgan fingerprint density at radius 1 is 1.33 bits per heavy atom. The first-order valence-electron chi connectivity index (χ1n) is 6.76. The molecule has 0 saturated heterocycles. The van der Waals surface area contributed by atoms with Crippen LogP contribution in [0, 0.1) is 0 Å². The van der Waals surface area contributed by atoms with E-state index in [4.69, 9.17) is 0 Å². The lowest BCUT2D eigenvalue weighted by atomic mass is 9.92. The molecule has 1 atom stereocenters. The highest BCUT2D eigenvalue weighted by molar-refractivity contribution is 9.10. The number of aromatic amines is 1. The quantitative estimate of drug-likeness (QED) is 0.869. The third kappa shape index (κ3) is 3.21. The van der Waals surface area contributed by atoms with Crippen LogP contribution in [0.2, 0.25) is 0 Å². The van der Waals surface area contributed by atoms with E-state index in [1.54, 1.807) is 18.2 Å². The Balaban J connectivity index is 1.70. The molecule has 1 heterocycles. The van der Waals surface area contributed by atoms with Gasteiger partial charge in [-0.3, -0.25) is 9.59 Å². The maximum Gasteiger partial charge on any atom is 0.264 e. The first kappa shape index (κ1) is 14.0. The molecule has 0 spiro atoms. The normalized spacial score (nSPS) is 17.1. The van der Waals surface area contributed by atoms with Crippen LogP contribution in [0.1, 0.15) is 28.0 Å². The summed E-state index contributed by atoms with van der Waals surface area (Å²) < 4.78 is 0.941. The average molecular weight is 348 g/mol. The molecule has 108 valence electrons. The Hall–Kier alpha value is -1.95. The van der Waals surface area contributed by atoms with Gasteiger partial charge in [-0.1, -0.05) is 15.9 Å². The largest absolute Gasteiger partial charge is 0.349 e. The molecule has 2 aromatic rings. The lowest BCUT2D eigenvalue weighted by Crippen LogP contribution is -2.39. The summed E-state index contributed by atoms with van der Waals surface area (Å²) in [4.78, 5) is 23.5. The van der Waals surface area contributed by atoms with Crippen LogP contribution in [0.15, 0.2) is 39.6 Å². The molecule has 2 N–H and O–H groups in total. The van der Waals surface area contributed by atoms with Crippen molar-refractivity contribution >= 4 is 21.8 Å². The maximum absolute atomic E-state index is 12.2. The lowest BCUT2D eigenvalue weighted by Gasteiger charge is -2.24. The van der Waals surface area contributed by atoms with E-state index in [-0.39, 0.29) is 17.5 Å². The molecular weight excluding hydrogens is 334 g/mol. The van der Waals surface area contributed by atoms with E-state index in [9.17, 15) is 9.59 Å². The van der Waals surface area contributed by atoms with Crippen molar-refractivity contribution in [3.8, 4) is 0 Å². The van der Waals surface area contributed by atoms with Gasteiger partial charge in [0.25, 0.3) is 11.5 Å². The summed E-state index contributed by atoms with van der Waals surface area (Å²) in [5.74, 6) is -0.0891. The molecular formula is C15H14BrN3O2. The number of nitrogens with one attached hydrogen (secondary N) is 2. The second kappa shape index (κ2) is 5.81. The summed E-state index contributed by atoms with van der Waals surface area (Å²) >= 11 is 3.35. The molecule has 1 amide bonds. The smallest absolute Gasteiger partial charge is 0.264 e. The molecule has 0 fully saturated rings. The minimum atomic E-state index is -0.200. The van der Waals surface area contributed by atoms with E-state index in [1.807, 2.05) is 12.1 Å². The average Bonchev–Trinajstić information content (AvgIpc) is 2.47. The molecule has 6 heteroatoms. The molecule has 1 aromatic carbocycles. The van der Waals surface area contributed by atoms with E-state index in [2.05, 4.69) is 31.4 Å². The summed E-state index contributed by atoms with van der Waals surface area (Å²) in [7, 11) is 0. The maximum atomic E-state index is 12.2. The molecule has 3 rings (SSSR count). The Morgan fingerprint density at radius 2 is 2.10 bits per heavy atom. The van der Waals surface area contributed by atoms with E-state index >= 15 is 0 Å². The number of nitrogens with zero attached hydrogens (tertiary/aromatic N) is 1. The minimum Gasteiger partial charge on any atom is -0.349 e. The summed E-state index contributed by atoms with van der Waals surface area (Å²) in [6.45, 7) is 0. The van der Waals surface area contributed by atoms with Crippen LogP contribution in [0.5, 0.6) is 0 Å². The number of carbonyl (C=O) groups is 1. The van der Waals surface area contributed by atoms with Crippen molar-refractivity contribution in [3.63, 3.8) is 0 Å². The number of benzene rings is 1. The zero-order chi connectivity index (χ0) is 14.8. The van der Waals surface area contributed by atoms with Crippen molar-refractivity contribution in [2.24, 2.45) is 0 Å². The third-order valence-corrected chi connectivity index (χ3v) is 4.14. The number of hydrogen-bond donors (Lipinski definition) is 2. The topological polar surface area (TPSA) is 74.8 Å². The van der Waals surface area contributed by atoms with E-state index in [0.717, 1.165) is 28.6 Å². The number of hydrogen-bond acceptors (Lipinski definition) is 3. The number of H-pyrrole nitrogens is 1. The fraction of sp³-hybridized carbons (Fsp3) is 0.267. The Morgan fingerprint density at radius 3 is 2.86 bits per heavy atom. The van der Waals surface area contributed by atoms with Gasteiger partial charge in [-0.2, -0.15) is 5.10 Å². The summed E-state index contributed by atoms with van der Waals surface area (Å²) in [5.41, 5.74) is 2.27. The highest BCUT2D eigenvalue weighted by Gasteiger charge is 2.22. The van der Waals surface area contributed by atoms with Gasteiger partial charge in [0.2, 0.25) is 0 Å². The van der Waals surface area contributed by atoms with Crippen LogP contribution in [0.25, 0.3) is 0 Å². The molecule has 0 radical (unpaired) electrons. The Bertz CT molecular complexity index is 724. The van der Waals surface area contributed by atoms with E-state index in [0.29, 0.717) is 12.0 Å². The van der Waals surface area contributed by atoms with Gasteiger partial charge >= 0.3 is 0 Å². The second-order valence-corrected chi connectivity index (χ2v) is 6.04. The van der Waals surface area contributed by atoms with Crippen molar-refractivity contribution in [2.75, 3.05) is 0 Å². The van der Waals surface area contributed by atoms with Crippen LogP contribution in [0.3, 0.4) is 0 Å². The number of aromatic nitrogens is 2. The number of rotatable bonds is 2. The molecule has 0 bridgehead atoms. The number of carbonyl (C=O) groups excluding carboxylic acids is 1. The van der Waals surface area contributed by atoms with Gasteiger partial charge in [0.1, 0.15) is 0 Å². The van der Waals surface area contributed by atoms with Crippen LogP contribution in [-0.2, 0) is 12.8 Å². The van der Waals surface area contributed by atoms with Gasteiger partial charge in [0.05, 0.1) is 5.69 Å². The molecule has 0 aliphatic heterocycles. The van der Waals surface area contributed by atoms with Gasteiger partial charge in [-0.15, -0.1) is 0 Å². The van der Waals surface area contributed by atoms with Gasteiger partial charge in [-0.05, 0) is 49.1 Å². The number of amides is 1. The zero-order valence-electron chi connectivity index (χ0n) is 11.2. The molecule has 5 nitrogen and oxygen atoms in total. The van der Waals surface area contributed by atoms with Gasteiger partial charge in [0.15, 0.2) is 0 Å². The molecule has 1 aliphatic rings. The molecule has 1 aliphatic carbocycles. The Labute approximate surface area is 129 Å². The van der Waals surface area contributed by atoms with Crippen molar-refractivity contribution in [3.05, 3.63) is 62.0 Å². The van der Waals surface area contributed by atoms with Crippen LogP contribution in [0.4, 0.5) is 0 Å². The first-order chi connectivity index (χ1) is 10.1. The minimum absolute atomic E-state index is 0.0391.